The number of carbonyl (C=O) groups is 1. The minimum absolute atomic E-state index is 0.0140. The van der Waals surface area contributed by atoms with Crippen LogP contribution in [0.25, 0.3) is 6.08 Å². The smallest absolute Gasteiger partial charge is 0.348 e. The molecule has 0 atom stereocenters. The quantitative estimate of drug-likeness (QED) is 0.513. The fraction of sp³-hybridized carbons (Fsp3) is 0.0909. The molecule has 16 heavy (non-hydrogen) atoms. The zero-order chi connectivity index (χ0) is 12.1. The number of phenolic OH excluding ortho intramolecular Hbond substituents is 1. The first-order valence-corrected chi connectivity index (χ1v) is 5.06. The number of hydrogen-bond acceptors (Lipinski definition) is 4. The Bertz CT molecular complexity index is 488. The second-order valence-electron chi connectivity index (χ2n) is 2.86. The summed E-state index contributed by atoms with van der Waals surface area (Å²) in [6.45, 7) is 0. The van der Waals surface area contributed by atoms with Crippen LogP contribution in [0.2, 0.25) is 0 Å². The fourth-order valence-electron chi connectivity index (χ4n) is 1.04. The number of methoxy groups -OCH3 is 1. The molecule has 0 fully saturated rings. The molecule has 0 aliphatic heterocycles. The van der Waals surface area contributed by atoms with Crippen LogP contribution >= 0.6 is 15.9 Å². The second kappa shape index (κ2) is 5.33. The van der Waals surface area contributed by atoms with Crippen molar-refractivity contribution in [3.8, 4) is 11.8 Å². The first kappa shape index (κ1) is 12.3. The summed E-state index contributed by atoms with van der Waals surface area (Å²) in [6, 6.07) is 6.41. The van der Waals surface area contributed by atoms with E-state index in [-0.39, 0.29) is 11.3 Å². The lowest BCUT2D eigenvalue weighted by Gasteiger charge is -2.01. The number of halogens is 1. The first-order valence-electron chi connectivity index (χ1n) is 4.27. The maximum atomic E-state index is 11.1. The normalized spacial score (nSPS) is 10.7. The summed E-state index contributed by atoms with van der Waals surface area (Å²) in [5, 5.41) is 18.2. The highest BCUT2D eigenvalue weighted by Gasteiger charge is 2.10. The molecule has 0 amide bonds. The molecule has 4 nitrogen and oxygen atoms in total. The van der Waals surface area contributed by atoms with Crippen molar-refractivity contribution in [2.45, 2.75) is 0 Å². The van der Waals surface area contributed by atoms with Crippen LogP contribution in [0.4, 0.5) is 0 Å². The van der Waals surface area contributed by atoms with Crippen LogP contribution in [-0.2, 0) is 9.53 Å². The number of rotatable bonds is 2. The van der Waals surface area contributed by atoms with E-state index < -0.39 is 5.97 Å². The van der Waals surface area contributed by atoms with Gasteiger partial charge in [-0.25, -0.2) is 4.79 Å². The van der Waals surface area contributed by atoms with Gasteiger partial charge in [-0.3, -0.25) is 0 Å². The molecule has 0 bridgehead atoms. The molecule has 0 aliphatic rings. The predicted molar refractivity (Wildman–Crippen MR) is 61.4 cm³/mol. The van der Waals surface area contributed by atoms with Gasteiger partial charge in [-0.05, 0) is 24.3 Å². The molecular formula is C11H8BrNO3. The minimum atomic E-state index is -0.734. The number of nitriles is 1. The minimum Gasteiger partial charge on any atom is -0.507 e. The number of hydrogen-bond donors (Lipinski definition) is 1. The number of benzene rings is 1. The summed E-state index contributed by atoms with van der Waals surface area (Å²) in [5.74, 6) is -0.748. The number of ether oxygens (including phenoxy) is 1. The van der Waals surface area contributed by atoms with Crippen molar-refractivity contribution in [1.82, 2.24) is 0 Å². The summed E-state index contributed by atoms with van der Waals surface area (Å²) in [4.78, 5) is 11.1. The maximum absolute atomic E-state index is 11.1. The van der Waals surface area contributed by atoms with Gasteiger partial charge in [-0.15, -0.1) is 0 Å². The zero-order valence-electron chi connectivity index (χ0n) is 8.40. The summed E-state index contributed by atoms with van der Waals surface area (Å²) in [5.41, 5.74) is 0.201. The lowest BCUT2D eigenvalue weighted by molar-refractivity contribution is -0.135. The van der Waals surface area contributed by atoms with E-state index in [1.807, 2.05) is 0 Å². The van der Waals surface area contributed by atoms with Gasteiger partial charge in [0.2, 0.25) is 0 Å². The van der Waals surface area contributed by atoms with Gasteiger partial charge in [0.05, 0.1) is 7.11 Å². The predicted octanol–water partition coefficient (Wildman–Crippen LogP) is 2.23. The molecule has 0 heterocycles. The summed E-state index contributed by atoms with van der Waals surface area (Å²) < 4.78 is 5.16. The van der Waals surface area contributed by atoms with Crippen LogP contribution in [0.3, 0.4) is 0 Å². The number of esters is 1. The Labute approximate surface area is 101 Å². The van der Waals surface area contributed by atoms with Gasteiger partial charge >= 0.3 is 5.97 Å². The number of carbonyl (C=O) groups excluding carboxylic acids is 1. The van der Waals surface area contributed by atoms with E-state index >= 15 is 0 Å². The van der Waals surface area contributed by atoms with Gasteiger partial charge in [0.25, 0.3) is 0 Å². The molecule has 82 valence electrons. The van der Waals surface area contributed by atoms with Crippen LogP contribution in [0.5, 0.6) is 5.75 Å². The summed E-state index contributed by atoms with van der Waals surface area (Å²) >= 11 is 3.22. The van der Waals surface area contributed by atoms with Crippen LogP contribution in [0.15, 0.2) is 28.2 Å². The maximum Gasteiger partial charge on any atom is 0.348 e. The van der Waals surface area contributed by atoms with Crippen molar-refractivity contribution < 1.29 is 14.6 Å². The Balaban J connectivity index is 3.19. The monoisotopic (exact) mass is 281 g/mol. The van der Waals surface area contributed by atoms with Crippen LogP contribution in [0.1, 0.15) is 5.56 Å². The third kappa shape index (κ3) is 2.84. The molecule has 0 saturated heterocycles. The van der Waals surface area contributed by atoms with Gasteiger partial charge in [0.15, 0.2) is 0 Å². The molecule has 0 spiro atoms. The molecule has 0 saturated carbocycles. The van der Waals surface area contributed by atoms with Gasteiger partial charge in [0.1, 0.15) is 17.4 Å². The lowest BCUT2D eigenvalue weighted by Crippen LogP contribution is -2.02. The molecule has 1 aromatic carbocycles. The molecule has 1 N–H and O–H groups in total. The van der Waals surface area contributed by atoms with Crippen molar-refractivity contribution in [1.29, 1.82) is 5.26 Å². The van der Waals surface area contributed by atoms with Crippen molar-refractivity contribution >= 4 is 28.0 Å². The first-order chi connectivity index (χ1) is 7.58. The molecule has 0 aromatic heterocycles. The third-order valence-corrected chi connectivity index (χ3v) is 2.31. The van der Waals surface area contributed by atoms with E-state index in [1.54, 1.807) is 18.2 Å². The number of nitrogens with zero attached hydrogens (tertiary/aromatic N) is 1. The number of phenols is 1. The average molecular weight is 282 g/mol. The van der Waals surface area contributed by atoms with E-state index in [9.17, 15) is 9.90 Å². The Morgan fingerprint density at radius 3 is 2.88 bits per heavy atom. The van der Waals surface area contributed by atoms with E-state index in [0.717, 1.165) is 4.47 Å². The standard InChI is InChI=1S/C11H8BrNO3/c1-16-11(15)8(6-13)4-7-5-9(12)2-3-10(7)14/h2-5,14H,1H3/b8-4+. The topological polar surface area (TPSA) is 70.3 Å². The zero-order valence-corrected chi connectivity index (χ0v) is 9.98. The highest BCUT2D eigenvalue weighted by molar-refractivity contribution is 9.10. The molecule has 1 aromatic rings. The van der Waals surface area contributed by atoms with Gasteiger partial charge in [0, 0.05) is 10.0 Å². The van der Waals surface area contributed by atoms with Crippen molar-refractivity contribution in [3.05, 3.63) is 33.8 Å². The summed E-state index contributed by atoms with van der Waals surface area (Å²) in [6.07, 6.45) is 1.27. The Morgan fingerprint density at radius 1 is 1.62 bits per heavy atom. The van der Waals surface area contributed by atoms with E-state index in [0.29, 0.717) is 5.56 Å². The third-order valence-electron chi connectivity index (χ3n) is 1.82. The van der Waals surface area contributed by atoms with Crippen molar-refractivity contribution in [2.24, 2.45) is 0 Å². The van der Waals surface area contributed by atoms with E-state index in [4.69, 9.17) is 5.26 Å². The van der Waals surface area contributed by atoms with Gasteiger partial charge < -0.3 is 9.84 Å². The fourth-order valence-corrected chi connectivity index (χ4v) is 1.42. The SMILES string of the molecule is COC(=O)/C(C#N)=C/c1cc(Br)ccc1O. The van der Waals surface area contributed by atoms with Gasteiger partial charge in [-0.2, -0.15) is 5.26 Å². The van der Waals surface area contributed by atoms with Crippen LogP contribution in [0, 0.1) is 11.3 Å². The Morgan fingerprint density at radius 2 is 2.31 bits per heavy atom. The van der Waals surface area contributed by atoms with Crippen molar-refractivity contribution in [2.75, 3.05) is 7.11 Å². The Kier molecular flexibility index (Phi) is 4.09. The highest BCUT2D eigenvalue weighted by Crippen LogP contribution is 2.24. The molecule has 1 rings (SSSR count). The van der Waals surface area contributed by atoms with E-state index in [1.165, 1.54) is 19.3 Å². The van der Waals surface area contributed by atoms with Gasteiger partial charge in [-0.1, -0.05) is 15.9 Å². The average Bonchev–Trinajstić information content (AvgIpc) is 2.29. The highest BCUT2D eigenvalue weighted by atomic mass is 79.9. The molecule has 0 unspecified atom stereocenters. The molecule has 0 radical (unpaired) electrons. The molecule has 5 heteroatoms. The molecule has 0 aliphatic carbocycles. The largest absolute Gasteiger partial charge is 0.507 e. The lowest BCUT2D eigenvalue weighted by atomic mass is 10.1. The van der Waals surface area contributed by atoms with Crippen LogP contribution in [-0.4, -0.2) is 18.2 Å². The Hall–Kier alpha value is -1.80. The van der Waals surface area contributed by atoms with E-state index in [2.05, 4.69) is 20.7 Å². The molecular weight excluding hydrogens is 274 g/mol. The van der Waals surface area contributed by atoms with Crippen molar-refractivity contribution in [3.63, 3.8) is 0 Å². The van der Waals surface area contributed by atoms with Crippen LogP contribution < -0.4 is 0 Å². The summed E-state index contributed by atoms with van der Waals surface area (Å²) in [7, 11) is 1.19. The second-order valence-corrected chi connectivity index (χ2v) is 3.78. The number of aromatic hydroxyl groups is 1.